The normalized spacial score (nSPS) is 11.8. The van der Waals surface area contributed by atoms with Gasteiger partial charge in [-0.25, -0.2) is 0 Å². The fourth-order valence-electron chi connectivity index (χ4n) is 4.32. The molecule has 174 valence electrons. The third-order valence-corrected chi connectivity index (χ3v) is 6.19. The third-order valence-electron chi connectivity index (χ3n) is 6.19. The van der Waals surface area contributed by atoms with Crippen molar-refractivity contribution in [2.24, 2.45) is 0 Å². The van der Waals surface area contributed by atoms with Gasteiger partial charge < -0.3 is 15.6 Å². The van der Waals surface area contributed by atoms with Crippen molar-refractivity contribution in [2.75, 3.05) is 5.32 Å². The maximum absolute atomic E-state index is 13.4. The van der Waals surface area contributed by atoms with E-state index in [2.05, 4.69) is 27.8 Å². The van der Waals surface area contributed by atoms with Crippen LogP contribution in [0.3, 0.4) is 0 Å². The molecular formula is C29H31N3O2. The zero-order valence-electron chi connectivity index (χ0n) is 19.7. The maximum atomic E-state index is 13.4. The number of rotatable bonds is 9. The number of fused-ring (bicyclic) bond motifs is 1. The van der Waals surface area contributed by atoms with E-state index in [1.807, 2.05) is 80.7 Å². The highest BCUT2D eigenvalue weighted by molar-refractivity contribution is 5.99. The topological polar surface area (TPSA) is 74.0 Å². The zero-order chi connectivity index (χ0) is 23.9. The first-order valence-electron chi connectivity index (χ1n) is 11.8. The Morgan fingerprint density at radius 1 is 0.882 bits per heavy atom. The Bertz CT molecular complexity index is 1260. The minimum Gasteiger partial charge on any atom is -0.361 e. The number of nitrogens with one attached hydrogen (secondary N) is 3. The Hall–Kier alpha value is -3.86. The summed E-state index contributed by atoms with van der Waals surface area (Å²) in [5.41, 5.74) is 6.01. The number of carbonyl (C=O) groups is 2. The highest BCUT2D eigenvalue weighted by Crippen LogP contribution is 2.22. The molecule has 2 amide bonds. The van der Waals surface area contributed by atoms with Gasteiger partial charge in [0.1, 0.15) is 6.04 Å². The van der Waals surface area contributed by atoms with Crippen LogP contribution in [0.2, 0.25) is 0 Å². The fraction of sp³-hybridized carbons (Fsp3) is 0.241. The van der Waals surface area contributed by atoms with Gasteiger partial charge in [0.05, 0.1) is 0 Å². The van der Waals surface area contributed by atoms with Gasteiger partial charge in [0.15, 0.2) is 0 Å². The summed E-state index contributed by atoms with van der Waals surface area (Å²) in [5, 5.41) is 7.12. The molecule has 0 aliphatic carbocycles. The van der Waals surface area contributed by atoms with Gasteiger partial charge in [-0.3, -0.25) is 9.59 Å². The smallest absolute Gasteiger partial charge is 0.247 e. The van der Waals surface area contributed by atoms with Gasteiger partial charge in [-0.1, -0.05) is 66.7 Å². The van der Waals surface area contributed by atoms with Gasteiger partial charge >= 0.3 is 0 Å². The number of aromatic amines is 1. The lowest BCUT2D eigenvalue weighted by Crippen LogP contribution is -2.45. The molecule has 4 rings (SSSR count). The predicted octanol–water partition coefficient (Wildman–Crippen LogP) is 5.47. The Morgan fingerprint density at radius 3 is 2.35 bits per heavy atom. The molecular weight excluding hydrogens is 422 g/mol. The van der Waals surface area contributed by atoms with E-state index < -0.39 is 6.04 Å². The number of benzene rings is 3. The lowest BCUT2D eigenvalue weighted by Gasteiger charge is -2.20. The molecule has 1 aromatic heterocycles. The lowest BCUT2D eigenvalue weighted by atomic mass is 10.0. The summed E-state index contributed by atoms with van der Waals surface area (Å²) in [7, 11) is 0. The summed E-state index contributed by atoms with van der Waals surface area (Å²) < 4.78 is 0. The van der Waals surface area contributed by atoms with E-state index in [0.29, 0.717) is 12.8 Å². The Balaban J connectivity index is 1.48. The molecule has 34 heavy (non-hydrogen) atoms. The summed E-state index contributed by atoms with van der Waals surface area (Å²) >= 11 is 0. The number of amides is 2. The summed E-state index contributed by atoms with van der Waals surface area (Å²) in [6.07, 6.45) is 4.26. The van der Waals surface area contributed by atoms with Crippen LogP contribution in [0, 0.1) is 13.8 Å². The van der Waals surface area contributed by atoms with E-state index in [1.54, 1.807) is 0 Å². The van der Waals surface area contributed by atoms with Gasteiger partial charge in [0.25, 0.3) is 0 Å². The van der Waals surface area contributed by atoms with Crippen LogP contribution < -0.4 is 10.6 Å². The van der Waals surface area contributed by atoms with Gasteiger partial charge in [0.2, 0.25) is 11.8 Å². The summed E-state index contributed by atoms with van der Waals surface area (Å²) in [6, 6.07) is 23.4. The number of hydrogen-bond donors (Lipinski definition) is 3. The molecule has 3 N–H and O–H groups in total. The molecule has 0 radical (unpaired) electrons. The maximum Gasteiger partial charge on any atom is 0.247 e. The second-order valence-corrected chi connectivity index (χ2v) is 8.78. The van der Waals surface area contributed by atoms with Gasteiger partial charge in [0, 0.05) is 35.6 Å². The van der Waals surface area contributed by atoms with Crippen LogP contribution in [0.5, 0.6) is 0 Å². The number of anilines is 1. The van der Waals surface area contributed by atoms with Crippen LogP contribution in [0.25, 0.3) is 10.9 Å². The lowest BCUT2D eigenvalue weighted by molar-refractivity contribution is -0.126. The average Bonchev–Trinajstić information content (AvgIpc) is 3.24. The SMILES string of the molecule is Cc1cccc(C)c1NC(=O)C(Cc1c[nH]c2ccccc12)NC(=O)CCCc1ccccc1. The quantitative estimate of drug-likeness (QED) is 0.314. The molecule has 0 bridgehead atoms. The van der Waals surface area contributed by atoms with Crippen molar-refractivity contribution < 1.29 is 9.59 Å². The fourth-order valence-corrected chi connectivity index (χ4v) is 4.32. The van der Waals surface area contributed by atoms with Crippen molar-refractivity contribution in [2.45, 2.75) is 45.6 Å². The first kappa shape index (κ1) is 23.3. The van der Waals surface area contributed by atoms with Gasteiger partial charge in [-0.15, -0.1) is 0 Å². The van der Waals surface area contributed by atoms with Crippen LogP contribution in [-0.2, 0) is 22.4 Å². The standard InChI is InChI=1S/C29H31N3O2/c1-20-10-8-11-21(2)28(20)32-29(34)26(18-23-19-30-25-16-7-6-15-24(23)25)31-27(33)17-9-14-22-12-4-3-5-13-22/h3-8,10-13,15-16,19,26,30H,9,14,17-18H2,1-2H3,(H,31,33)(H,32,34). The van der Waals surface area contributed by atoms with Crippen LogP contribution in [0.4, 0.5) is 5.69 Å². The minimum absolute atomic E-state index is 0.113. The molecule has 4 aromatic rings. The predicted molar refractivity (Wildman–Crippen MR) is 138 cm³/mol. The van der Waals surface area contributed by atoms with Gasteiger partial charge in [-0.2, -0.15) is 0 Å². The van der Waals surface area contributed by atoms with E-state index >= 15 is 0 Å². The summed E-state index contributed by atoms with van der Waals surface area (Å²) in [5.74, 6) is -0.323. The van der Waals surface area contributed by atoms with E-state index in [1.165, 1.54) is 5.56 Å². The molecule has 3 aromatic carbocycles. The van der Waals surface area contributed by atoms with Crippen LogP contribution in [0.1, 0.15) is 35.1 Å². The first-order valence-corrected chi connectivity index (χ1v) is 11.8. The monoisotopic (exact) mass is 453 g/mol. The molecule has 1 heterocycles. The molecule has 0 fully saturated rings. The molecule has 5 heteroatoms. The zero-order valence-corrected chi connectivity index (χ0v) is 19.7. The molecule has 5 nitrogen and oxygen atoms in total. The Kier molecular flexibility index (Phi) is 7.43. The third kappa shape index (κ3) is 5.73. The molecule has 0 aliphatic heterocycles. The summed E-state index contributed by atoms with van der Waals surface area (Å²) in [4.78, 5) is 29.5. The van der Waals surface area contributed by atoms with Crippen molar-refractivity contribution in [3.05, 3.63) is 101 Å². The van der Waals surface area contributed by atoms with Crippen molar-refractivity contribution in [1.29, 1.82) is 0 Å². The number of H-pyrrole nitrogens is 1. The molecule has 0 saturated heterocycles. The van der Waals surface area contributed by atoms with Crippen LogP contribution >= 0.6 is 0 Å². The number of carbonyl (C=O) groups excluding carboxylic acids is 2. The highest BCUT2D eigenvalue weighted by atomic mass is 16.2. The molecule has 0 aliphatic rings. The minimum atomic E-state index is -0.678. The number of hydrogen-bond acceptors (Lipinski definition) is 2. The first-order chi connectivity index (χ1) is 16.5. The number of aromatic nitrogens is 1. The van der Waals surface area contributed by atoms with Gasteiger partial charge in [-0.05, 0) is 55.0 Å². The molecule has 1 unspecified atom stereocenters. The van der Waals surface area contributed by atoms with E-state index in [0.717, 1.165) is 46.1 Å². The second kappa shape index (κ2) is 10.8. The molecule has 0 spiro atoms. The Labute approximate surface area is 200 Å². The van der Waals surface area contributed by atoms with Crippen molar-refractivity contribution in [3.8, 4) is 0 Å². The van der Waals surface area contributed by atoms with Crippen molar-refractivity contribution >= 4 is 28.4 Å². The van der Waals surface area contributed by atoms with Crippen molar-refractivity contribution in [3.63, 3.8) is 0 Å². The summed E-state index contributed by atoms with van der Waals surface area (Å²) in [6.45, 7) is 3.94. The highest BCUT2D eigenvalue weighted by Gasteiger charge is 2.23. The Morgan fingerprint density at radius 2 is 1.59 bits per heavy atom. The number of aryl methyl sites for hydroxylation is 3. The number of para-hydroxylation sites is 2. The molecule has 0 saturated carbocycles. The largest absolute Gasteiger partial charge is 0.361 e. The van der Waals surface area contributed by atoms with Crippen LogP contribution in [-0.4, -0.2) is 22.8 Å². The van der Waals surface area contributed by atoms with E-state index in [-0.39, 0.29) is 11.8 Å². The molecule has 1 atom stereocenters. The van der Waals surface area contributed by atoms with Crippen LogP contribution in [0.15, 0.2) is 79.0 Å². The van der Waals surface area contributed by atoms with E-state index in [4.69, 9.17) is 0 Å². The second-order valence-electron chi connectivity index (χ2n) is 8.78. The average molecular weight is 454 g/mol. The van der Waals surface area contributed by atoms with E-state index in [9.17, 15) is 9.59 Å². The van der Waals surface area contributed by atoms with Crippen molar-refractivity contribution in [1.82, 2.24) is 10.3 Å².